The van der Waals surface area contributed by atoms with Gasteiger partial charge in [-0.3, -0.25) is 0 Å². The zero-order valence-corrected chi connectivity index (χ0v) is 12.2. The van der Waals surface area contributed by atoms with Gasteiger partial charge in [-0.2, -0.15) is 0 Å². The van der Waals surface area contributed by atoms with Crippen molar-refractivity contribution in [3.05, 3.63) is 22.7 Å². The van der Waals surface area contributed by atoms with E-state index in [1.165, 1.54) is 0 Å². The van der Waals surface area contributed by atoms with E-state index in [4.69, 9.17) is 26.8 Å². The average molecular weight is 299 g/mol. The van der Waals surface area contributed by atoms with Crippen molar-refractivity contribution in [1.82, 2.24) is 0 Å². The van der Waals surface area contributed by atoms with Crippen molar-refractivity contribution < 1.29 is 14.3 Å². The minimum atomic E-state index is -0.430. The number of anilines is 2. The molecule has 0 spiro atoms. The van der Waals surface area contributed by atoms with Gasteiger partial charge in [0.15, 0.2) is 0 Å². The molecule has 0 bridgehead atoms. The Morgan fingerprint density at radius 2 is 2.40 bits per heavy atom. The molecule has 1 atom stereocenters. The second-order valence-electron chi connectivity index (χ2n) is 4.70. The highest BCUT2D eigenvalue weighted by Gasteiger charge is 2.21. The number of benzene rings is 1. The Hall–Kier alpha value is -1.46. The standard InChI is InChI=1S/C14H19ClN2O3/c1-2-20-14(18)11-6-9(16)7-12(15)13(11)17-10-4-3-5-19-8-10/h6-7,10,17H,2-5,8,16H2,1H3. The summed E-state index contributed by atoms with van der Waals surface area (Å²) in [6.45, 7) is 3.44. The number of esters is 1. The lowest BCUT2D eigenvalue weighted by molar-refractivity contribution is 0.0527. The molecule has 5 nitrogen and oxygen atoms in total. The van der Waals surface area contributed by atoms with E-state index < -0.39 is 5.97 Å². The van der Waals surface area contributed by atoms with Gasteiger partial charge in [-0.05, 0) is 31.9 Å². The molecule has 0 amide bonds. The third kappa shape index (κ3) is 3.55. The number of rotatable bonds is 4. The summed E-state index contributed by atoms with van der Waals surface area (Å²) in [5.74, 6) is -0.430. The van der Waals surface area contributed by atoms with Gasteiger partial charge in [0.1, 0.15) is 0 Å². The molecule has 20 heavy (non-hydrogen) atoms. The van der Waals surface area contributed by atoms with Crippen molar-refractivity contribution in [3.8, 4) is 0 Å². The molecule has 1 unspecified atom stereocenters. The van der Waals surface area contributed by atoms with Crippen LogP contribution in [0.1, 0.15) is 30.1 Å². The van der Waals surface area contributed by atoms with Gasteiger partial charge in [0, 0.05) is 18.3 Å². The molecule has 1 saturated heterocycles. The smallest absolute Gasteiger partial charge is 0.340 e. The third-order valence-electron chi connectivity index (χ3n) is 3.12. The van der Waals surface area contributed by atoms with E-state index in [0.717, 1.165) is 19.4 Å². The van der Waals surface area contributed by atoms with Gasteiger partial charge >= 0.3 is 5.97 Å². The Kier molecular flexibility index (Phi) is 5.09. The Labute approximate surface area is 123 Å². The molecule has 1 aliphatic rings. The fourth-order valence-electron chi connectivity index (χ4n) is 2.20. The molecule has 1 fully saturated rings. The van der Waals surface area contributed by atoms with Gasteiger partial charge < -0.3 is 20.5 Å². The zero-order valence-electron chi connectivity index (χ0n) is 11.4. The number of nitrogens with two attached hydrogens (primary N) is 1. The number of nitrogen functional groups attached to an aromatic ring is 1. The van der Waals surface area contributed by atoms with Crippen molar-refractivity contribution in [2.24, 2.45) is 0 Å². The maximum atomic E-state index is 12.0. The van der Waals surface area contributed by atoms with Crippen LogP contribution in [-0.4, -0.2) is 31.8 Å². The molecule has 3 N–H and O–H groups in total. The summed E-state index contributed by atoms with van der Waals surface area (Å²) in [4.78, 5) is 12.0. The fourth-order valence-corrected chi connectivity index (χ4v) is 2.49. The minimum Gasteiger partial charge on any atom is -0.462 e. The average Bonchev–Trinajstić information content (AvgIpc) is 2.43. The van der Waals surface area contributed by atoms with E-state index in [9.17, 15) is 4.79 Å². The SMILES string of the molecule is CCOC(=O)c1cc(N)cc(Cl)c1NC1CCCOC1. The number of ether oxygens (including phenoxy) is 2. The lowest BCUT2D eigenvalue weighted by atomic mass is 10.1. The number of hydrogen-bond acceptors (Lipinski definition) is 5. The lowest BCUT2D eigenvalue weighted by Crippen LogP contribution is -2.31. The summed E-state index contributed by atoms with van der Waals surface area (Å²) >= 11 is 6.21. The summed E-state index contributed by atoms with van der Waals surface area (Å²) in [5.41, 5.74) is 7.11. The largest absolute Gasteiger partial charge is 0.462 e. The molecule has 0 saturated carbocycles. The van der Waals surface area contributed by atoms with E-state index in [1.807, 2.05) is 0 Å². The number of carbonyl (C=O) groups is 1. The summed E-state index contributed by atoms with van der Waals surface area (Å²) in [6.07, 6.45) is 1.96. The predicted octanol–water partition coefficient (Wildman–Crippen LogP) is 2.69. The van der Waals surface area contributed by atoms with Gasteiger partial charge in [-0.1, -0.05) is 11.6 Å². The number of nitrogens with one attached hydrogen (secondary N) is 1. The second-order valence-corrected chi connectivity index (χ2v) is 5.11. The highest BCUT2D eigenvalue weighted by atomic mass is 35.5. The summed E-state index contributed by atoms with van der Waals surface area (Å²) in [7, 11) is 0. The summed E-state index contributed by atoms with van der Waals surface area (Å²) in [5, 5.41) is 3.69. The molecule has 6 heteroatoms. The van der Waals surface area contributed by atoms with Gasteiger partial charge in [0.2, 0.25) is 0 Å². The van der Waals surface area contributed by atoms with Crippen LogP contribution in [0, 0.1) is 0 Å². The zero-order chi connectivity index (χ0) is 14.5. The van der Waals surface area contributed by atoms with Gasteiger partial charge in [-0.15, -0.1) is 0 Å². The molecule has 0 radical (unpaired) electrons. The van der Waals surface area contributed by atoms with E-state index >= 15 is 0 Å². The Morgan fingerprint density at radius 1 is 1.60 bits per heavy atom. The molecular weight excluding hydrogens is 280 g/mol. The monoisotopic (exact) mass is 298 g/mol. The molecule has 1 aromatic rings. The third-order valence-corrected chi connectivity index (χ3v) is 3.41. The Balaban J connectivity index is 2.26. The molecule has 1 heterocycles. The molecule has 110 valence electrons. The van der Waals surface area contributed by atoms with Crippen LogP contribution in [0.25, 0.3) is 0 Å². The van der Waals surface area contributed by atoms with Crippen molar-refractivity contribution in [3.63, 3.8) is 0 Å². The summed E-state index contributed by atoms with van der Waals surface area (Å²) in [6, 6.07) is 3.34. The van der Waals surface area contributed by atoms with E-state index in [0.29, 0.717) is 35.2 Å². The molecule has 1 aliphatic heterocycles. The highest BCUT2D eigenvalue weighted by molar-refractivity contribution is 6.34. The fraction of sp³-hybridized carbons (Fsp3) is 0.500. The molecule has 2 rings (SSSR count). The lowest BCUT2D eigenvalue weighted by Gasteiger charge is -2.25. The second kappa shape index (κ2) is 6.81. The van der Waals surface area contributed by atoms with E-state index in [2.05, 4.69) is 5.32 Å². The topological polar surface area (TPSA) is 73.6 Å². The Morgan fingerprint density at radius 3 is 3.05 bits per heavy atom. The van der Waals surface area contributed by atoms with Crippen LogP contribution in [0.15, 0.2) is 12.1 Å². The quantitative estimate of drug-likeness (QED) is 0.660. The van der Waals surface area contributed by atoms with Crippen LogP contribution in [-0.2, 0) is 9.47 Å². The van der Waals surface area contributed by atoms with Crippen LogP contribution in [0.5, 0.6) is 0 Å². The first-order valence-corrected chi connectivity index (χ1v) is 7.10. The summed E-state index contributed by atoms with van der Waals surface area (Å²) < 4.78 is 10.5. The van der Waals surface area contributed by atoms with Crippen LogP contribution in [0.4, 0.5) is 11.4 Å². The van der Waals surface area contributed by atoms with Crippen molar-refractivity contribution >= 4 is 28.9 Å². The Bertz CT molecular complexity index is 488. The van der Waals surface area contributed by atoms with Crippen molar-refractivity contribution in [1.29, 1.82) is 0 Å². The minimum absolute atomic E-state index is 0.137. The number of halogens is 1. The van der Waals surface area contributed by atoms with Crippen LogP contribution >= 0.6 is 11.6 Å². The highest BCUT2D eigenvalue weighted by Crippen LogP contribution is 2.31. The predicted molar refractivity (Wildman–Crippen MR) is 79.3 cm³/mol. The van der Waals surface area contributed by atoms with E-state index in [1.54, 1.807) is 19.1 Å². The first-order chi connectivity index (χ1) is 9.61. The molecule has 0 aromatic heterocycles. The van der Waals surface area contributed by atoms with Crippen molar-refractivity contribution in [2.75, 3.05) is 30.9 Å². The van der Waals surface area contributed by atoms with Gasteiger partial charge in [0.25, 0.3) is 0 Å². The molecular formula is C14H19ClN2O3. The van der Waals surface area contributed by atoms with Crippen LogP contribution < -0.4 is 11.1 Å². The van der Waals surface area contributed by atoms with Crippen molar-refractivity contribution in [2.45, 2.75) is 25.8 Å². The normalized spacial score (nSPS) is 18.6. The maximum Gasteiger partial charge on any atom is 0.340 e. The first-order valence-electron chi connectivity index (χ1n) is 6.72. The van der Waals surface area contributed by atoms with Gasteiger partial charge in [0.05, 0.1) is 29.5 Å². The molecule has 1 aromatic carbocycles. The first kappa shape index (κ1) is 14.9. The van der Waals surface area contributed by atoms with Crippen LogP contribution in [0.2, 0.25) is 5.02 Å². The van der Waals surface area contributed by atoms with Crippen LogP contribution in [0.3, 0.4) is 0 Å². The maximum absolute atomic E-state index is 12.0. The number of carbonyl (C=O) groups excluding carboxylic acids is 1. The van der Waals surface area contributed by atoms with E-state index in [-0.39, 0.29) is 6.04 Å². The number of hydrogen-bond donors (Lipinski definition) is 2. The molecule has 0 aliphatic carbocycles. The van der Waals surface area contributed by atoms with Gasteiger partial charge in [-0.25, -0.2) is 4.79 Å².